The summed E-state index contributed by atoms with van der Waals surface area (Å²) < 4.78 is 0. The second-order valence-corrected chi connectivity index (χ2v) is 5.91. The van der Waals surface area contributed by atoms with E-state index in [-0.39, 0.29) is 17.9 Å². The monoisotopic (exact) mass is 281 g/mol. The van der Waals surface area contributed by atoms with Crippen molar-refractivity contribution in [2.45, 2.75) is 57.5 Å². The van der Waals surface area contributed by atoms with Crippen molar-refractivity contribution < 1.29 is 9.59 Å². The van der Waals surface area contributed by atoms with Gasteiger partial charge in [0.25, 0.3) is 0 Å². The maximum absolute atomic E-state index is 12.7. The molecule has 0 aliphatic carbocycles. The highest BCUT2D eigenvalue weighted by Gasteiger charge is 2.37. The first-order valence-corrected chi connectivity index (χ1v) is 7.93. The lowest BCUT2D eigenvalue weighted by Gasteiger charge is -2.36. The molecule has 2 fully saturated rings. The maximum atomic E-state index is 12.7. The van der Waals surface area contributed by atoms with Crippen molar-refractivity contribution in [2.75, 3.05) is 26.7 Å². The number of likely N-dealkylation sites (N-methyl/N-ethyl adjacent to an activating group) is 1. The lowest BCUT2D eigenvalue weighted by Crippen LogP contribution is -2.53. The molecule has 2 atom stereocenters. The fourth-order valence-corrected chi connectivity index (χ4v) is 3.30. The number of carbonyl (C=O) groups excluding carboxylic acids is 2. The first-order valence-electron chi connectivity index (χ1n) is 7.93. The van der Waals surface area contributed by atoms with Gasteiger partial charge in [-0.15, -0.1) is 0 Å². The van der Waals surface area contributed by atoms with Crippen molar-refractivity contribution in [2.24, 2.45) is 0 Å². The molecule has 5 heteroatoms. The minimum atomic E-state index is -0.204. The largest absolute Gasteiger partial charge is 0.339 e. The highest BCUT2D eigenvalue weighted by Crippen LogP contribution is 2.22. The molecule has 0 spiro atoms. The molecule has 2 unspecified atom stereocenters. The first-order chi connectivity index (χ1) is 9.67. The Kier molecular flexibility index (Phi) is 5.40. The summed E-state index contributed by atoms with van der Waals surface area (Å²) >= 11 is 0. The van der Waals surface area contributed by atoms with Crippen LogP contribution in [0.3, 0.4) is 0 Å². The van der Waals surface area contributed by atoms with Crippen LogP contribution in [0, 0.1) is 0 Å². The SMILES string of the molecule is CCCC(=O)N1CCCC1C(=O)N1CCCC(NC)C1. The molecule has 2 aliphatic heterocycles. The van der Waals surface area contributed by atoms with Crippen molar-refractivity contribution in [3.63, 3.8) is 0 Å². The predicted octanol–water partition coefficient (Wildman–Crippen LogP) is 0.988. The summed E-state index contributed by atoms with van der Waals surface area (Å²) in [7, 11) is 1.95. The maximum Gasteiger partial charge on any atom is 0.245 e. The van der Waals surface area contributed by atoms with Crippen LogP contribution in [0.5, 0.6) is 0 Å². The summed E-state index contributed by atoms with van der Waals surface area (Å²) in [5.41, 5.74) is 0. The zero-order valence-electron chi connectivity index (χ0n) is 12.7. The van der Waals surface area contributed by atoms with Crippen molar-refractivity contribution in [1.82, 2.24) is 15.1 Å². The average molecular weight is 281 g/mol. The third kappa shape index (κ3) is 3.32. The molecule has 5 nitrogen and oxygen atoms in total. The van der Waals surface area contributed by atoms with Crippen LogP contribution >= 0.6 is 0 Å². The number of rotatable bonds is 4. The van der Waals surface area contributed by atoms with E-state index in [0.717, 1.165) is 51.7 Å². The lowest BCUT2D eigenvalue weighted by atomic mass is 10.0. The molecular formula is C15H27N3O2. The molecule has 2 amide bonds. The van der Waals surface area contributed by atoms with Gasteiger partial charge in [0.05, 0.1) is 0 Å². The number of hydrogen-bond donors (Lipinski definition) is 1. The van der Waals surface area contributed by atoms with Crippen LogP contribution in [0.1, 0.15) is 45.4 Å². The molecule has 114 valence electrons. The topological polar surface area (TPSA) is 52.7 Å². The first kappa shape index (κ1) is 15.3. The predicted molar refractivity (Wildman–Crippen MR) is 78.3 cm³/mol. The van der Waals surface area contributed by atoms with Gasteiger partial charge >= 0.3 is 0 Å². The van der Waals surface area contributed by atoms with E-state index in [0.29, 0.717) is 12.5 Å². The number of likely N-dealkylation sites (tertiary alicyclic amines) is 2. The molecule has 0 saturated carbocycles. The van der Waals surface area contributed by atoms with Gasteiger partial charge in [-0.25, -0.2) is 0 Å². The summed E-state index contributed by atoms with van der Waals surface area (Å²) in [4.78, 5) is 28.6. The van der Waals surface area contributed by atoms with Gasteiger partial charge < -0.3 is 15.1 Å². The zero-order valence-corrected chi connectivity index (χ0v) is 12.7. The summed E-state index contributed by atoms with van der Waals surface area (Å²) in [6, 6.07) is 0.193. The molecule has 2 rings (SSSR count). The van der Waals surface area contributed by atoms with Crippen molar-refractivity contribution >= 4 is 11.8 Å². The Balaban J connectivity index is 1.98. The quantitative estimate of drug-likeness (QED) is 0.836. The van der Waals surface area contributed by atoms with Crippen LogP contribution in [0.4, 0.5) is 0 Å². The summed E-state index contributed by atoms with van der Waals surface area (Å²) in [5, 5.41) is 3.26. The minimum Gasteiger partial charge on any atom is -0.339 e. The molecule has 2 aliphatic rings. The fourth-order valence-electron chi connectivity index (χ4n) is 3.30. The molecule has 1 N–H and O–H groups in total. The Morgan fingerprint density at radius 1 is 1.20 bits per heavy atom. The Bertz CT molecular complexity index is 359. The van der Waals surface area contributed by atoms with E-state index in [9.17, 15) is 9.59 Å². The molecule has 0 aromatic heterocycles. The van der Waals surface area contributed by atoms with E-state index in [2.05, 4.69) is 5.32 Å². The molecule has 0 aromatic rings. The van der Waals surface area contributed by atoms with Crippen molar-refractivity contribution in [3.05, 3.63) is 0 Å². The number of carbonyl (C=O) groups is 2. The lowest BCUT2D eigenvalue weighted by molar-refractivity contribution is -0.144. The van der Waals surface area contributed by atoms with Gasteiger partial charge in [-0.2, -0.15) is 0 Å². The third-order valence-corrected chi connectivity index (χ3v) is 4.46. The second-order valence-electron chi connectivity index (χ2n) is 5.91. The highest BCUT2D eigenvalue weighted by molar-refractivity contribution is 5.88. The third-order valence-electron chi connectivity index (χ3n) is 4.46. The molecule has 20 heavy (non-hydrogen) atoms. The standard InChI is InChI=1S/C15H27N3O2/c1-3-6-14(19)18-10-5-8-13(18)15(20)17-9-4-7-12(11-17)16-2/h12-13,16H,3-11H2,1-2H3. The molecule has 2 heterocycles. The van der Waals surface area contributed by atoms with Crippen LogP contribution in [0.2, 0.25) is 0 Å². The average Bonchev–Trinajstić information content (AvgIpc) is 2.96. The Morgan fingerprint density at radius 2 is 1.95 bits per heavy atom. The van der Waals surface area contributed by atoms with Gasteiger partial charge in [-0.3, -0.25) is 9.59 Å². The van der Waals surface area contributed by atoms with Gasteiger partial charge in [0.1, 0.15) is 6.04 Å². The minimum absolute atomic E-state index is 0.144. The van der Waals surface area contributed by atoms with E-state index in [1.54, 1.807) is 0 Å². The van der Waals surface area contributed by atoms with Gasteiger partial charge in [-0.1, -0.05) is 6.92 Å². The zero-order chi connectivity index (χ0) is 14.5. The molecule has 0 aromatic carbocycles. The van der Waals surface area contributed by atoms with E-state index in [1.807, 2.05) is 23.8 Å². The van der Waals surface area contributed by atoms with Crippen molar-refractivity contribution in [3.8, 4) is 0 Å². The summed E-state index contributed by atoms with van der Waals surface area (Å²) in [5.74, 6) is 0.303. The highest BCUT2D eigenvalue weighted by atomic mass is 16.2. The second kappa shape index (κ2) is 7.07. The molecule has 0 bridgehead atoms. The van der Waals surface area contributed by atoms with Crippen molar-refractivity contribution in [1.29, 1.82) is 0 Å². The molecule has 0 radical (unpaired) electrons. The smallest absolute Gasteiger partial charge is 0.245 e. The number of piperidine rings is 1. The van der Waals surface area contributed by atoms with Crippen LogP contribution < -0.4 is 5.32 Å². The van der Waals surface area contributed by atoms with E-state index < -0.39 is 0 Å². The Morgan fingerprint density at radius 3 is 2.65 bits per heavy atom. The van der Waals surface area contributed by atoms with Gasteiger partial charge in [0, 0.05) is 32.1 Å². The van der Waals surface area contributed by atoms with Gasteiger partial charge in [-0.05, 0) is 39.2 Å². The number of hydrogen-bond acceptors (Lipinski definition) is 3. The molecule has 2 saturated heterocycles. The number of amides is 2. The Labute approximate surface area is 121 Å². The Hall–Kier alpha value is -1.10. The summed E-state index contributed by atoms with van der Waals surface area (Å²) in [6.45, 7) is 4.37. The normalized spacial score (nSPS) is 26.9. The van der Waals surface area contributed by atoms with Crippen LogP contribution in [0.25, 0.3) is 0 Å². The number of nitrogens with one attached hydrogen (secondary N) is 1. The van der Waals surface area contributed by atoms with E-state index in [1.165, 1.54) is 0 Å². The van der Waals surface area contributed by atoms with Gasteiger partial charge in [0.15, 0.2) is 0 Å². The van der Waals surface area contributed by atoms with E-state index in [4.69, 9.17) is 0 Å². The fraction of sp³-hybridized carbons (Fsp3) is 0.867. The van der Waals surface area contributed by atoms with E-state index >= 15 is 0 Å². The summed E-state index contributed by atoms with van der Waals surface area (Å²) in [6.07, 6.45) is 5.37. The molecular weight excluding hydrogens is 254 g/mol. The van der Waals surface area contributed by atoms with Crippen LogP contribution in [-0.4, -0.2) is 60.4 Å². The van der Waals surface area contributed by atoms with Crippen LogP contribution in [0.15, 0.2) is 0 Å². The number of nitrogens with zero attached hydrogens (tertiary/aromatic N) is 2. The van der Waals surface area contributed by atoms with Crippen LogP contribution in [-0.2, 0) is 9.59 Å². The van der Waals surface area contributed by atoms with Gasteiger partial charge in [0.2, 0.25) is 11.8 Å².